The number of carbonyl (C=O) groups is 1. The average Bonchev–Trinajstić information content (AvgIpc) is 3.12. The Kier molecular flexibility index (Phi) is 5.73. The van der Waals surface area contributed by atoms with Crippen molar-refractivity contribution in [2.24, 2.45) is 0 Å². The van der Waals surface area contributed by atoms with Gasteiger partial charge < -0.3 is 19.9 Å². The lowest BCUT2D eigenvalue weighted by Gasteiger charge is -2.15. The summed E-state index contributed by atoms with van der Waals surface area (Å²) in [6, 6.07) is 11.0. The molecule has 1 aliphatic carbocycles. The van der Waals surface area contributed by atoms with E-state index in [1.165, 1.54) is 6.20 Å². The van der Waals surface area contributed by atoms with Crippen LogP contribution in [0, 0.1) is 0 Å². The number of ether oxygens (including phenoxy) is 1. The van der Waals surface area contributed by atoms with E-state index in [1.807, 2.05) is 18.2 Å². The van der Waals surface area contributed by atoms with Crippen molar-refractivity contribution in [3.05, 3.63) is 58.7 Å². The normalized spacial score (nSPS) is 13.1. The number of hydrogen-bond acceptors (Lipinski definition) is 7. The highest BCUT2D eigenvalue weighted by Gasteiger charge is 2.23. The van der Waals surface area contributed by atoms with Crippen LogP contribution in [0.3, 0.4) is 0 Å². The van der Waals surface area contributed by atoms with E-state index in [9.17, 15) is 9.36 Å². The Balaban J connectivity index is 1.63. The highest BCUT2D eigenvalue weighted by Crippen LogP contribution is 2.38. The Bertz CT molecular complexity index is 1230. The van der Waals surface area contributed by atoms with E-state index in [-0.39, 0.29) is 5.78 Å². The van der Waals surface area contributed by atoms with Crippen molar-refractivity contribution in [2.45, 2.75) is 12.8 Å². The van der Waals surface area contributed by atoms with Gasteiger partial charge in [0, 0.05) is 17.3 Å². The topological polar surface area (TPSA) is 93.2 Å². The number of aromatic nitrogens is 2. The summed E-state index contributed by atoms with van der Waals surface area (Å²) >= 11 is 6.31. The molecule has 0 radical (unpaired) electrons. The SMILES string of the molecule is COc1cc(P(C)(C)=O)ccc1Nc1ncc(Cl)c(Nc2cccc3c2C(=O)CC3)n1. The van der Waals surface area contributed by atoms with E-state index in [0.29, 0.717) is 45.9 Å². The van der Waals surface area contributed by atoms with Crippen LogP contribution in [0.25, 0.3) is 0 Å². The molecule has 7 nitrogen and oxygen atoms in total. The molecular formula is C22H22ClN4O3P. The Labute approximate surface area is 185 Å². The van der Waals surface area contributed by atoms with E-state index in [0.717, 1.165) is 17.3 Å². The summed E-state index contributed by atoms with van der Waals surface area (Å²) in [5, 5.41) is 7.34. The van der Waals surface area contributed by atoms with Crippen molar-refractivity contribution >= 4 is 53.0 Å². The highest BCUT2D eigenvalue weighted by molar-refractivity contribution is 7.70. The molecule has 9 heteroatoms. The van der Waals surface area contributed by atoms with Crippen LogP contribution in [0.5, 0.6) is 5.75 Å². The van der Waals surface area contributed by atoms with E-state index < -0.39 is 7.14 Å². The van der Waals surface area contributed by atoms with Crippen LogP contribution >= 0.6 is 18.7 Å². The van der Waals surface area contributed by atoms with Gasteiger partial charge in [-0.05, 0) is 49.6 Å². The number of halogens is 1. The van der Waals surface area contributed by atoms with Gasteiger partial charge in [0.15, 0.2) is 11.6 Å². The van der Waals surface area contributed by atoms with Gasteiger partial charge in [-0.2, -0.15) is 4.98 Å². The predicted octanol–water partition coefficient (Wildman–Crippen LogP) is 5.00. The van der Waals surface area contributed by atoms with Crippen molar-refractivity contribution in [3.8, 4) is 5.75 Å². The van der Waals surface area contributed by atoms with Crippen molar-refractivity contribution in [1.82, 2.24) is 9.97 Å². The van der Waals surface area contributed by atoms with Gasteiger partial charge in [-0.1, -0.05) is 23.7 Å². The molecule has 160 valence electrons. The van der Waals surface area contributed by atoms with Crippen molar-refractivity contribution in [2.75, 3.05) is 31.1 Å². The molecule has 0 atom stereocenters. The second-order valence-electron chi connectivity index (χ2n) is 7.64. The molecule has 0 saturated carbocycles. The minimum atomic E-state index is -2.42. The lowest BCUT2D eigenvalue weighted by atomic mass is 10.1. The number of benzene rings is 2. The van der Waals surface area contributed by atoms with Crippen LogP contribution in [-0.4, -0.2) is 36.2 Å². The maximum atomic E-state index is 12.4. The van der Waals surface area contributed by atoms with Crippen LogP contribution in [0.15, 0.2) is 42.6 Å². The predicted molar refractivity (Wildman–Crippen MR) is 125 cm³/mol. The monoisotopic (exact) mass is 456 g/mol. The Morgan fingerprint density at radius 1 is 1.10 bits per heavy atom. The van der Waals surface area contributed by atoms with Gasteiger partial charge in [-0.3, -0.25) is 4.79 Å². The Hall–Kier alpha value is -2.89. The summed E-state index contributed by atoms with van der Waals surface area (Å²) in [4.78, 5) is 21.0. The number of carbonyl (C=O) groups excluding carboxylic acids is 1. The number of hydrogen-bond donors (Lipinski definition) is 2. The molecule has 4 rings (SSSR count). The van der Waals surface area contributed by atoms with Gasteiger partial charge >= 0.3 is 0 Å². The number of rotatable bonds is 6. The van der Waals surface area contributed by atoms with Gasteiger partial charge in [0.2, 0.25) is 5.95 Å². The molecule has 0 unspecified atom stereocenters. The summed E-state index contributed by atoms with van der Waals surface area (Å²) < 4.78 is 17.8. The standard InChI is InChI=1S/C22H22ClN4O3P/c1-30-19-11-14(31(2,3)29)8-9-16(19)26-22-24-12-15(23)21(27-22)25-17-6-4-5-13-7-10-18(28)20(13)17/h4-6,8-9,11-12H,7,10H2,1-3H3,(H2,24,25,26,27). The zero-order valence-corrected chi connectivity index (χ0v) is 19.1. The number of aryl methyl sites for hydroxylation is 1. The molecule has 0 bridgehead atoms. The van der Waals surface area contributed by atoms with Crippen LogP contribution in [-0.2, 0) is 11.0 Å². The molecule has 0 fully saturated rings. The number of fused-ring (bicyclic) bond motifs is 1. The van der Waals surface area contributed by atoms with Gasteiger partial charge in [0.05, 0.1) is 24.7 Å². The van der Waals surface area contributed by atoms with Gasteiger partial charge in [-0.15, -0.1) is 0 Å². The van der Waals surface area contributed by atoms with Crippen molar-refractivity contribution < 1.29 is 14.1 Å². The van der Waals surface area contributed by atoms with Crippen molar-refractivity contribution in [1.29, 1.82) is 0 Å². The number of nitrogens with zero attached hydrogens (tertiary/aromatic N) is 2. The van der Waals surface area contributed by atoms with Gasteiger partial charge in [0.25, 0.3) is 0 Å². The number of anilines is 4. The minimum Gasteiger partial charge on any atom is -0.495 e. The third kappa shape index (κ3) is 4.43. The summed E-state index contributed by atoms with van der Waals surface area (Å²) in [6.07, 6.45) is 2.74. The number of Topliss-reactive ketones (excluding diaryl/α,β-unsaturated/α-hetero) is 1. The van der Waals surface area contributed by atoms with E-state index >= 15 is 0 Å². The quantitative estimate of drug-likeness (QED) is 0.504. The first-order chi connectivity index (χ1) is 14.8. The molecule has 0 saturated heterocycles. The summed E-state index contributed by atoms with van der Waals surface area (Å²) in [5.41, 5.74) is 3.01. The second kappa shape index (κ2) is 8.33. The number of ketones is 1. The Morgan fingerprint density at radius 3 is 2.65 bits per heavy atom. The van der Waals surface area contributed by atoms with Crippen LogP contribution in [0.2, 0.25) is 5.02 Å². The lowest BCUT2D eigenvalue weighted by molar-refractivity contribution is 0.0995. The van der Waals surface area contributed by atoms with E-state index in [4.69, 9.17) is 16.3 Å². The first-order valence-corrected chi connectivity index (χ1v) is 12.7. The maximum absolute atomic E-state index is 12.4. The molecule has 2 N–H and O–H groups in total. The fraction of sp³-hybridized carbons (Fsp3) is 0.227. The third-order valence-corrected chi connectivity index (χ3v) is 6.90. The number of methoxy groups -OCH3 is 1. The molecule has 0 spiro atoms. The van der Waals surface area contributed by atoms with Gasteiger partial charge in [0.1, 0.15) is 17.9 Å². The Morgan fingerprint density at radius 2 is 1.90 bits per heavy atom. The van der Waals surface area contributed by atoms with E-state index in [2.05, 4.69) is 20.6 Å². The molecule has 31 heavy (non-hydrogen) atoms. The average molecular weight is 457 g/mol. The zero-order chi connectivity index (χ0) is 22.2. The molecule has 3 aromatic rings. The molecular weight excluding hydrogens is 435 g/mol. The fourth-order valence-corrected chi connectivity index (χ4v) is 4.50. The van der Waals surface area contributed by atoms with Crippen LogP contribution in [0.4, 0.5) is 23.1 Å². The smallest absolute Gasteiger partial charge is 0.229 e. The molecule has 0 aliphatic heterocycles. The van der Waals surface area contributed by atoms with Crippen LogP contribution < -0.4 is 20.7 Å². The largest absolute Gasteiger partial charge is 0.495 e. The highest BCUT2D eigenvalue weighted by atomic mass is 35.5. The van der Waals surface area contributed by atoms with E-state index in [1.54, 1.807) is 38.6 Å². The van der Waals surface area contributed by atoms with Gasteiger partial charge in [-0.25, -0.2) is 4.98 Å². The maximum Gasteiger partial charge on any atom is 0.229 e. The summed E-state index contributed by atoms with van der Waals surface area (Å²) in [7, 11) is -0.875. The first kappa shape index (κ1) is 21.3. The molecule has 1 aromatic heterocycles. The van der Waals surface area contributed by atoms with Crippen molar-refractivity contribution in [3.63, 3.8) is 0 Å². The first-order valence-electron chi connectivity index (χ1n) is 9.71. The lowest BCUT2D eigenvalue weighted by Crippen LogP contribution is -2.07. The molecule has 1 heterocycles. The number of nitrogens with one attached hydrogen (secondary N) is 2. The molecule has 2 aromatic carbocycles. The molecule has 0 amide bonds. The fourth-order valence-electron chi connectivity index (χ4n) is 3.50. The summed E-state index contributed by atoms with van der Waals surface area (Å²) in [5.74, 6) is 1.32. The minimum absolute atomic E-state index is 0.107. The second-order valence-corrected chi connectivity index (χ2v) is 11.3. The third-order valence-electron chi connectivity index (χ3n) is 5.10. The molecule has 1 aliphatic rings. The summed E-state index contributed by atoms with van der Waals surface area (Å²) in [6.45, 7) is 3.42. The zero-order valence-electron chi connectivity index (χ0n) is 17.4. The van der Waals surface area contributed by atoms with Crippen LogP contribution in [0.1, 0.15) is 22.3 Å².